The number of benzene rings is 3. The quantitative estimate of drug-likeness (QED) is 0.0783. The standard InChI is InChI=1S/C46H46N2O2P2/c1-5-9-20-34(8-4)49-51(36(18-6-2)19-7-3)38-27-29-44-41(31-38)42-32-39(52(37-23-14-11-15-24-37)50-35-21-12-10-13-22-35)28-30-45(42)48(44)46-33-47-43-26-17-16-25-40(43)46/h5-6,8-10,12-14,17-24,26-32H,1,7,11,15-16,25,33H2,2-4H3/b18-6-,20-9-,34-8+,36-19+. The van der Waals surface area contributed by atoms with E-state index in [-0.39, 0.29) is 0 Å². The molecule has 6 heteroatoms. The van der Waals surface area contributed by atoms with E-state index in [2.05, 4.69) is 122 Å². The normalized spacial score (nSPS) is 17.6. The molecule has 0 saturated carbocycles. The molecule has 0 amide bonds. The van der Waals surface area contributed by atoms with Crippen LogP contribution in [0, 0.1) is 0 Å². The summed E-state index contributed by atoms with van der Waals surface area (Å²) in [6.07, 6.45) is 30.7. The van der Waals surface area contributed by atoms with Crippen molar-refractivity contribution in [1.82, 2.24) is 4.57 Å². The number of aliphatic imine (C=N–C) groups is 1. The lowest BCUT2D eigenvalue weighted by atomic mass is 9.98. The van der Waals surface area contributed by atoms with Crippen LogP contribution in [0.25, 0.3) is 27.5 Å². The van der Waals surface area contributed by atoms with E-state index in [0.29, 0.717) is 6.54 Å². The Balaban J connectivity index is 1.45. The van der Waals surface area contributed by atoms with Crippen molar-refractivity contribution in [2.24, 2.45) is 4.99 Å². The van der Waals surface area contributed by atoms with Crippen LogP contribution in [0.1, 0.15) is 52.9 Å². The van der Waals surface area contributed by atoms with Crippen LogP contribution in [0.4, 0.5) is 0 Å². The molecule has 0 fully saturated rings. The smallest absolute Gasteiger partial charge is 0.150 e. The molecule has 0 radical (unpaired) electrons. The fraction of sp³-hybridized carbons (Fsp3) is 0.196. The van der Waals surface area contributed by atoms with E-state index >= 15 is 0 Å². The predicted octanol–water partition coefficient (Wildman–Crippen LogP) is 12.7. The van der Waals surface area contributed by atoms with Gasteiger partial charge in [0.2, 0.25) is 0 Å². The highest BCUT2D eigenvalue weighted by Gasteiger charge is 2.27. The molecule has 2 atom stereocenters. The molecule has 7 rings (SSSR count). The molecule has 0 saturated heterocycles. The molecule has 4 nitrogen and oxygen atoms in total. The number of rotatable bonds is 13. The van der Waals surface area contributed by atoms with Gasteiger partial charge >= 0.3 is 0 Å². The SMILES string of the molecule is C=C/C=C\C(=C/C)OP(C(/C=C\C)=C/CC)c1ccc2c(c1)c1cc(P(Oc3ccccc3)C3=CCCC=C3)ccc1n2C1=C2CCC=CC2=NC1. The highest BCUT2D eigenvalue weighted by atomic mass is 31.1. The second kappa shape index (κ2) is 16.7. The third kappa shape index (κ3) is 7.42. The lowest BCUT2D eigenvalue weighted by Crippen LogP contribution is -2.08. The zero-order valence-corrected chi connectivity index (χ0v) is 32.1. The maximum absolute atomic E-state index is 6.90. The zero-order chi connectivity index (χ0) is 35.9. The van der Waals surface area contributed by atoms with Crippen molar-refractivity contribution < 1.29 is 9.05 Å². The summed E-state index contributed by atoms with van der Waals surface area (Å²) in [5.74, 6) is 1.71. The molecule has 0 N–H and O–H groups in total. The van der Waals surface area contributed by atoms with Crippen molar-refractivity contribution in [1.29, 1.82) is 0 Å². The molecule has 3 aromatic carbocycles. The van der Waals surface area contributed by atoms with Crippen LogP contribution >= 0.6 is 16.3 Å². The van der Waals surface area contributed by atoms with Gasteiger partial charge in [-0.15, -0.1) is 0 Å². The van der Waals surface area contributed by atoms with Gasteiger partial charge in [0.25, 0.3) is 0 Å². The van der Waals surface area contributed by atoms with Gasteiger partial charge in [-0.05, 0) is 118 Å². The fourth-order valence-electron chi connectivity index (χ4n) is 6.99. The van der Waals surface area contributed by atoms with Crippen LogP contribution in [-0.2, 0) is 4.52 Å². The van der Waals surface area contributed by atoms with E-state index in [1.807, 2.05) is 43.4 Å². The first-order chi connectivity index (χ1) is 25.6. The van der Waals surface area contributed by atoms with E-state index in [1.54, 1.807) is 6.08 Å². The van der Waals surface area contributed by atoms with Gasteiger partial charge in [-0.25, -0.2) is 0 Å². The molecule has 2 unspecified atom stereocenters. The van der Waals surface area contributed by atoms with E-state index in [4.69, 9.17) is 14.0 Å². The van der Waals surface area contributed by atoms with Crippen molar-refractivity contribution >= 4 is 60.1 Å². The molecule has 4 aromatic rings. The molecule has 1 aromatic heterocycles. The highest BCUT2D eigenvalue weighted by molar-refractivity contribution is 7.66. The number of nitrogens with zero attached hydrogens (tertiary/aromatic N) is 2. The van der Waals surface area contributed by atoms with Gasteiger partial charge in [0.15, 0.2) is 0 Å². The molecule has 2 aliphatic carbocycles. The summed E-state index contributed by atoms with van der Waals surface area (Å²) < 4.78 is 16.2. The topological polar surface area (TPSA) is 35.8 Å². The second-order valence-electron chi connectivity index (χ2n) is 12.8. The van der Waals surface area contributed by atoms with Crippen LogP contribution in [0.5, 0.6) is 5.75 Å². The summed E-state index contributed by atoms with van der Waals surface area (Å²) in [5, 5.41) is 7.23. The Labute approximate surface area is 311 Å². The first kappa shape index (κ1) is 35.6. The molecule has 0 spiro atoms. The summed E-state index contributed by atoms with van der Waals surface area (Å²) in [5.41, 5.74) is 6.16. The summed E-state index contributed by atoms with van der Waals surface area (Å²) in [4.78, 5) is 4.99. The summed E-state index contributed by atoms with van der Waals surface area (Å²) in [6, 6.07) is 24.2. The van der Waals surface area contributed by atoms with Crippen LogP contribution in [0.3, 0.4) is 0 Å². The van der Waals surface area contributed by atoms with Gasteiger partial charge in [0, 0.05) is 32.0 Å². The minimum absolute atomic E-state index is 0.680. The summed E-state index contributed by atoms with van der Waals surface area (Å²) in [7, 11) is -2.26. The minimum atomic E-state index is -1.17. The van der Waals surface area contributed by atoms with E-state index in [1.165, 1.54) is 54.3 Å². The maximum atomic E-state index is 6.90. The molecule has 2 heterocycles. The number of aromatic nitrogens is 1. The Kier molecular flexibility index (Phi) is 11.5. The zero-order valence-electron chi connectivity index (χ0n) is 30.3. The number of para-hydroxylation sites is 1. The monoisotopic (exact) mass is 720 g/mol. The summed E-state index contributed by atoms with van der Waals surface area (Å²) >= 11 is 0. The van der Waals surface area contributed by atoms with Gasteiger partial charge in [0.05, 0.1) is 29.0 Å². The Morgan fingerprint density at radius 1 is 0.904 bits per heavy atom. The Morgan fingerprint density at radius 3 is 2.38 bits per heavy atom. The average molecular weight is 721 g/mol. The second-order valence-corrected chi connectivity index (χ2v) is 16.4. The Bertz CT molecular complexity index is 2260. The van der Waals surface area contributed by atoms with E-state index < -0.39 is 16.3 Å². The van der Waals surface area contributed by atoms with Crippen molar-refractivity contribution in [3.63, 3.8) is 0 Å². The van der Waals surface area contributed by atoms with E-state index in [0.717, 1.165) is 49.3 Å². The molecular formula is C46H46N2O2P2. The number of allylic oxidation sites excluding steroid dienone is 15. The number of hydrogen-bond acceptors (Lipinski definition) is 3. The Hall–Kier alpha value is -4.75. The molecule has 52 heavy (non-hydrogen) atoms. The largest absolute Gasteiger partial charge is 0.465 e. The van der Waals surface area contributed by atoms with Crippen molar-refractivity contribution in [3.8, 4) is 5.75 Å². The van der Waals surface area contributed by atoms with Gasteiger partial charge in [-0.2, -0.15) is 0 Å². The molecule has 262 valence electrons. The lowest BCUT2D eigenvalue weighted by molar-refractivity contribution is 0.503. The molecule has 3 aliphatic rings. The van der Waals surface area contributed by atoms with Crippen LogP contribution in [-0.4, -0.2) is 16.8 Å². The third-order valence-corrected chi connectivity index (χ3v) is 13.3. The van der Waals surface area contributed by atoms with Crippen molar-refractivity contribution in [3.05, 3.63) is 168 Å². The van der Waals surface area contributed by atoms with Crippen molar-refractivity contribution in [2.45, 2.75) is 52.9 Å². The first-order valence-electron chi connectivity index (χ1n) is 18.3. The number of hydrogen-bond donors (Lipinski definition) is 0. The fourth-order valence-corrected chi connectivity index (χ4v) is 10.8. The predicted molar refractivity (Wildman–Crippen MR) is 227 cm³/mol. The summed E-state index contributed by atoms with van der Waals surface area (Å²) in [6.45, 7) is 10.8. The molecule has 1 aliphatic heterocycles. The highest BCUT2D eigenvalue weighted by Crippen LogP contribution is 2.51. The van der Waals surface area contributed by atoms with Gasteiger partial charge in [0.1, 0.15) is 27.8 Å². The first-order valence-corrected chi connectivity index (χ1v) is 20.8. The third-order valence-electron chi connectivity index (χ3n) is 9.38. The minimum Gasteiger partial charge on any atom is -0.465 e. The Morgan fingerprint density at radius 2 is 1.67 bits per heavy atom. The molecular weight excluding hydrogens is 674 g/mol. The van der Waals surface area contributed by atoms with Crippen LogP contribution in [0.2, 0.25) is 0 Å². The van der Waals surface area contributed by atoms with Crippen LogP contribution < -0.4 is 15.1 Å². The lowest BCUT2D eigenvalue weighted by Gasteiger charge is -2.22. The van der Waals surface area contributed by atoms with Crippen LogP contribution in [0.15, 0.2) is 173 Å². The van der Waals surface area contributed by atoms with Crippen molar-refractivity contribution in [2.75, 3.05) is 6.54 Å². The van der Waals surface area contributed by atoms with Gasteiger partial charge in [-0.3, -0.25) is 4.99 Å². The van der Waals surface area contributed by atoms with Gasteiger partial charge in [-0.1, -0.05) is 86.4 Å². The van der Waals surface area contributed by atoms with Gasteiger partial charge < -0.3 is 13.6 Å². The maximum Gasteiger partial charge on any atom is 0.150 e. The average Bonchev–Trinajstić information content (AvgIpc) is 3.76. The van der Waals surface area contributed by atoms with E-state index in [9.17, 15) is 0 Å². The number of fused-ring (bicyclic) bond motifs is 4. The molecule has 0 bridgehead atoms.